The molecule has 2 heterocycles. The van der Waals surface area contributed by atoms with E-state index < -0.39 is 35.8 Å². The molecule has 4 atom stereocenters. The molecule has 4 N–H and O–H groups in total. The summed E-state index contributed by atoms with van der Waals surface area (Å²) in [6, 6.07) is 18.7. The number of aliphatic imine (C=N–C) groups is 1. The van der Waals surface area contributed by atoms with Crippen LogP contribution < -0.4 is 5.32 Å². The van der Waals surface area contributed by atoms with Gasteiger partial charge in [-0.2, -0.15) is 4.99 Å². The quantitative estimate of drug-likeness (QED) is 0.168. The Morgan fingerprint density at radius 1 is 1.02 bits per heavy atom. The van der Waals surface area contributed by atoms with Crippen LogP contribution in [0.15, 0.2) is 65.7 Å². The second-order valence-electron chi connectivity index (χ2n) is 10.3. The summed E-state index contributed by atoms with van der Waals surface area (Å²) in [6.45, 7) is 0.806. The predicted molar refractivity (Wildman–Crippen MR) is 155 cm³/mol. The number of hydrogen-bond donors (Lipinski definition) is 4. The van der Waals surface area contributed by atoms with Gasteiger partial charge in [-0.1, -0.05) is 72.4 Å². The summed E-state index contributed by atoms with van der Waals surface area (Å²) in [4.78, 5) is 30.0. The lowest BCUT2D eigenvalue weighted by molar-refractivity contribution is -0.541. The van der Waals surface area contributed by atoms with E-state index in [0.29, 0.717) is 36.8 Å². The van der Waals surface area contributed by atoms with Crippen LogP contribution >= 0.6 is 11.8 Å². The molecular weight excluding hydrogens is 546 g/mol. The molecule has 0 aromatic heterocycles. The van der Waals surface area contributed by atoms with Crippen LogP contribution in [0.3, 0.4) is 0 Å². The first kappa shape index (κ1) is 30.7. The number of esters is 2. The highest BCUT2D eigenvalue weighted by Crippen LogP contribution is 2.27. The van der Waals surface area contributed by atoms with Gasteiger partial charge in [-0.15, -0.1) is 0 Å². The number of nitrogens with one attached hydrogen (secondary N) is 1. The van der Waals surface area contributed by atoms with Gasteiger partial charge in [0.1, 0.15) is 25.9 Å². The summed E-state index contributed by atoms with van der Waals surface area (Å²) in [6.07, 6.45) is 1.01. The summed E-state index contributed by atoms with van der Waals surface area (Å²) in [7, 11) is 0. The molecule has 4 rings (SSSR count). The van der Waals surface area contributed by atoms with Crippen molar-refractivity contribution in [2.24, 2.45) is 10.9 Å². The zero-order chi connectivity index (χ0) is 29.2. The van der Waals surface area contributed by atoms with Crippen molar-refractivity contribution in [3.05, 3.63) is 71.8 Å². The summed E-state index contributed by atoms with van der Waals surface area (Å²) >= 11 is 1.35. The van der Waals surface area contributed by atoms with Gasteiger partial charge in [0.05, 0.1) is 25.0 Å². The third-order valence-corrected chi connectivity index (χ3v) is 7.77. The van der Waals surface area contributed by atoms with E-state index >= 15 is 0 Å². The second-order valence-corrected chi connectivity index (χ2v) is 11.1. The van der Waals surface area contributed by atoms with Crippen LogP contribution in [0.25, 0.3) is 0 Å². The van der Waals surface area contributed by atoms with E-state index in [1.54, 1.807) is 4.58 Å². The molecule has 41 heavy (non-hydrogen) atoms. The number of β-amino-alcohol motifs (C(OH)–C–C–N with tert-alkyl or cyclic N) is 1. The minimum Gasteiger partial charge on any atom is -0.461 e. The van der Waals surface area contributed by atoms with Crippen molar-refractivity contribution in [3.8, 4) is 0 Å². The Kier molecular flexibility index (Phi) is 10.9. The molecule has 11 heteroatoms. The van der Waals surface area contributed by atoms with Crippen molar-refractivity contribution in [1.29, 1.82) is 0 Å². The molecule has 220 valence electrons. The fourth-order valence-electron chi connectivity index (χ4n) is 4.93. The minimum atomic E-state index is -1.64. The SMILES string of the molecule is CSC1=NC2(O)C[C@H](O)[C@H](O)C[N+](CCCC[C@H](CC(=O)OCc3ccccc3)C(=O)OCc3ccccc3)=C2N1. The standard InChI is InChI=1S/C30H37N3O7S/c1-41-29-31-28-30(38,32-29)17-24(34)25(35)18-33(28)15-9-8-14-23(27(37)40-20-22-12-6-3-7-13-22)16-26(36)39-19-21-10-4-2-5-11-21/h2-7,10-13,23-25,34-35,38H,8-9,14-20H2,1H3/p+1/t23-,24+,25-,30?/m1/s1. The maximum Gasteiger partial charge on any atom is 0.309 e. The van der Waals surface area contributed by atoms with Crippen LogP contribution in [-0.4, -0.2) is 80.1 Å². The number of thioether (sulfide) groups is 1. The lowest BCUT2D eigenvalue weighted by Gasteiger charge is -2.18. The Morgan fingerprint density at radius 2 is 1.66 bits per heavy atom. The van der Waals surface area contributed by atoms with E-state index in [2.05, 4.69) is 10.3 Å². The van der Waals surface area contributed by atoms with Crippen LogP contribution in [-0.2, 0) is 32.3 Å². The maximum atomic E-state index is 13.0. The van der Waals surface area contributed by atoms with E-state index in [4.69, 9.17) is 9.47 Å². The molecule has 0 spiro atoms. The number of carbonyl (C=O) groups excluding carboxylic acids is 2. The van der Waals surface area contributed by atoms with Crippen LogP contribution in [0.4, 0.5) is 0 Å². The molecule has 0 saturated carbocycles. The zero-order valence-corrected chi connectivity index (χ0v) is 24.0. The molecule has 0 radical (unpaired) electrons. The molecule has 10 nitrogen and oxygen atoms in total. The van der Waals surface area contributed by atoms with Crippen LogP contribution in [0.2, 0.25) is 0 Å². The van der Waals surface area contributed by atoms with E-state index in [1.807, 2.05) is 66.9 Å². The highest BCUT2D eigenvalue weighted by Gasteiger charge is 2.51. The number of unbranched alkanes of at least 4 members (excludes halogenated alkanes) is 1. The number of ether oxygens (including phenoxy) is 2. The number of carbonyl (C=O) groups is 2. The Morgan fingerprint density at radius 3 is 2.29 bits per heavy atom. The number of nitrogens with zero attached hydrogens (tertiary/aromatic N) is 2. The van der Waals surface area contributed by atoms with Crippen molar-refractivity contribution < 1.29 is 39.0 Å². The van der Waals surface area contributed by atoms with Crippen molar-refractivity contribution in [2.75, 3.05) is 19.3 Å². The number of rotatable bonds is 12. The van der Waals surface area contributed by atoms with Crippen molar-refractivity contribution in [2.45, 2.75) is 63.3 Å². The molecular formula is C30H38N3O7S+. The van der Waals surface area contributed by atoms with Crippen LogP contribution in [0.1, 0.15) is 43.2 Å². The van der Waals surface area contributed by atoms with E-state index in [0.717, 1.165) is 11.1 Å². The average molecular weight is 585 g/mol. The molecule has 2 aliphatic rings. The summed E-state index contributed by atoms with van der Waals surface area (Å²) in [5, 5.41) is 35.5. The first-order chi connectivity index (χ1) is 19.8. The van der Waals surface area contributed by atoms with Crippen molar-refractivity contribution in [3.63, 3.8) is 0 Å². The average Bonchev–Trinajstić information content (AvgIpc) is 3.28. The van der Waals surface area contributed by atoms with Gasteiger partial charge in [-0.05, 0) is 36.6 Å². The Balaban J connectivity index is 1.37. The topological polar surface area (TPSA) is 141 Å². The second kappa shape index (κ2) is 14.6. The molecule has 2 aromatic rings. The maximum absolute atomic E-state index is 13.0. The van der Waals surface area contributed by atoms with Gasteiger partial charge >= 0.3 is 17.8 Å². The fourth-order valence-corrected chi connectivity index (χ4v) is 5.37. The Bertz CT molecular complexity index is 1240. The molecule has 0 bridgehead atoms. The zero-order valence-electron chi connectivity index (χ0n) is 23.1. The number of hydrogen-bond acceptors (Lipinski definition) is 10. The van der Waals surface area contributed by atoms with E-state index in [1.165, 1.54) is 11.8 Å². The molecule has 2 aliphatic heterocycles. The molecule has 0 amide bonds. The van der Waals surface area contributed by atoms with E-state index in [9.17, 15) is 24.9 Å². The van der Waals surface area contributed by atoms with Gasteiger partial charge in [-0.3, -0.25) is 14.2 Å². The smallest absolute Gasteiger partial charge is 0.309 e. The number of amidine groups is 2. The first-order valence-corrected chi connectivity index (χ1v) is 15.0. The Hall–Kier alpha value is -3.25. The van der Waals surface area contributed by atoms with Gasteiger partial charge < -0.3 is 24.8 Å². The fraction of sp³-hybridized carbons (Fsp3) is 0.467. The van der Waals surface area contributed by atoms with Gasteiger partial charge in [0.25, 0.3) is 10.9 Å². The summed E-state index contributed by atoms with van der Waals surface area (Å²) in [5.74, 6) is -1.18. The molecule has 0 aliphatic carbocycles. The number of aliphatic hydroxyl groups excluding tert-OH is 2. The van der Waals surface area contributed by atoms with Crippen molar-refractivity contribution >= 4 is 34.7 Å². The van der Waals surface area contributed by atoms with Gasteiger partial charge in [0, 0.05) is 6.42 Å². The highest BCUT2D eigenvalue weighted by molar-refractivity contribution is 8.13. The summed E-state index contributed by atoms with van der Waals surface area (Å²) in [5.41, 5.74) is 0.0793. The predicted octanol–water partition coefficient (Wildman–Crippen LogP) is 2.20. The number of benzene rings is 2. The third-order valence-electron chi connectivity index (χ3n) is 7.19. The van der Waals surface area contributed by atoms with Crippen molar-refractivity contribution in [1.82, 2.24) is 5.32 Å². The van der Waals surface area contributed by atoms with Crippen LogP contribution in [0, 0.1) is 5.92 Å². The largest absolute Gasteiger partial charge is 0.461 e. The first-order valence-electron chi connectivity index (χ1n) is 13.8. The number of fused-ring (bicyclic) bond motifs is 1. The Labute approximate surface area is 244 Å². The monoisotopic (exact) mass is 584 g/mol. The van der Waals surface area contributed by atoms with Gasteiger partial charge in [0.15, 0.2) is 0 Å². The minimum absolute atomic E-state index is 0.0985. The third kappa shape index (κ3) is 8.62. The van der Waals surface area contributed by atoms with Gasteiger partial charge in [0.2, 0.25) is 0 Å². The highest BCUT2D eigenvalue weighted by atomic mass is 32.2. The molecule has 0 fully saturated rings. The lowest BCUT2D eigenvalue weighted by Crippen LogP contribution is -2.46. The lowest BCUT2D eigenvalue weighted by atomic mass is 9.98. The van der Waals surface area contributed by atoms with Crippen LogP contribution in [0.5, 0.6) is 0 Å². The van der Waals surface area contributed by atoms with E-state index in [-0.39, 0.29) is 32.6 Å². The number of aliphatic hydroxyl groups is 3. The molecule has 0 saturated heterocycles. The summed E-state index contributed by atoms with van der Waals surface area (Å²) < 4.78 is 12.8. The normalized spacial score (nSPS) is 22.7. The van der Waals surface area contributed by atoms with Gasteiger partial charge in [-0.25, -0.2) is 5.32 Å². The molecule has 1 unspecified atom stereocenters. The molecule has 2 aromatic carbocycles.